The van der Waals surface area contributed by atoms with E-state index in [1.807, 2.05) is 38.1 Å². The van der Waals surface area contributed by atoms with Crippen LogP contribution < -0.4 is 5.32 Å². The van der Waals surface area contributed by atoms with Crippen LogP contribution in [0, 0.1) is 0 Å². The van der Waals surface area contributed by atoms with E-state index in [0.717, 1.165) is 0 Å². The van der Waals surface area contributed by atoms with Crippen LogP contribution in [0.3, 0.4) is 0 Å². The van der Waals surface area contributed by atoms with Crippen LogP contribution in [0.1, 0.15) is 50.5 Å². The molecule has 1 N–H and O–H groups in total. The van der Waals surface area contributed by atoms with E-state index in [1.54, 1.807) is 7.05 Å². The molecule has 2 amide bonds. The maximum atomic E-state index is 12.3. The van der Waals surface area contributed by atoms with Crippen molar-refractivity contribution in [2.24, 2.45) is 0 Å². The summed E-state index contributed by atoms with van der Waals surface area (Å²) in [5, 5.41) is 2.78. The molecule has 0 saturated carbocycles. The second-order valence-electron chi connectivity index (χ2n) is 6.71. The summed E-state index contributed by atoms with van der Waals surface area (Å²) < 4.78 is 0. The Hall–Kier alpha value is -1.84. The van der Waals surface area contributed by atoms with E-state index >= 15 is 0 Å². The number of rotatable bonds is 4. The van der Waals surface area contributed by atoms with Crippen LogP contribution in [0.2, 0.25) is 0 Å². The van der Waals surface area contributed by atoms with Crippen molar-refractivity contribution in [1.82, 2.24) is 10.2 Å². The molecule has 4 heteroatoms. The SMILES string of the molecule is CC(C)NC(=O)CN(C)C(=O)c1ccc(C(C)(C)C)cc1. The number of carbonyl (C=O) groups is 2. The fourth-order valence-corrected chi connectivity index (χ4v) is 1.99. The molecule has 0 heterocycles. The molecular formula is C17H26N2O2. The van der Waals surface area contributed by atoms with Gasteiger partial charge in [0.1, 0.15) is 0 Å². The lowest BCUT2D eigenvalue weighted by Crippen LogP contribution is -2.40. The summed E-state index contributed by atoms with van der Waals surface area (Å²) in [6.45, 7) is 10.2. The zero-order valence-corrected chi connectivity index (χ0v) is 13.9. The van der Waals surface area contributed by atoms with Crippen molar-refractivity contribution >= 4 is 11.8 Å². The van der Waals surface area contributed by atoms with Crippen LogP contribution in [-0.4, -0.2) is 36.3 Å². The Balaban J connectivity index is 2.72. The molecule has 0 unspecified atom stereocenters. The van der Waals surface area contributed by atoms with Crippen molar-refractivity contribution in [2.45, 2.75) is 46.1 Å². The van der Waals surface area contributed by atoms with Gasteiger partial charge in [-0.05, 0) is 37.0 Å². The normalized spacial score (nSPS) is 11.4. The third-order valence-electron chi connectivity index (χ3n) is 3.18. The number of hydrogen-bond donors (Lipinski definition) is 1. The van der Waals surface area contributed by atoms with Crippen molar-refractivity contribution in [3.8, 4) is 0 Å². The van der Waals surface area contributed by atoms with Gasteiger partial charge in [0, 0.05) is 18.7 Å². The van der Waals surface area contributed by atoms with Gasteiger partial charge in [-0.2, -0.15) is 0 Å². The molecule has 21 heavy (non-hydrogen) atoms. The van der Waals surface area contributed by atoms with Gasteiger partial charge in [0.15, 0.2) is 0 Å². The third-order valence-corrected chi connectivity index (χ3v) is 3.18. The van der Waals surface area contributed by atoms with Crippen LogP contribution in [0.5, 0.6) is 0 Å². The highest BCUT2D eigenvalue weighted by Crippen LogP contribution is 2.22. The Morgan fingerprint density at radius 2 is 1.67 bits per heavy atom. The van der Waals surface area contributed by atoms with Crippen LogP contribution in [0.4, 0.5) is 0 Å². The van der Waals surface area contributed by atoms with Crippen molar-refractivity contribution in [2.75, 3.05) is 13.6 Å². The van der Waals surface area contributed by atoms with Crippen LogP contribution in [0.15, 0.2) is 24.3 Å². The van der Waals surface area contributed by atoms with Crippen molar-refractivity contribution in [1.29, 1.82) is 0 Å². The Morgan fingerprint density at radius 3 is 2.10 bits per heavy atom. The van der Waals surface area contributed by atoms with Gasteiger partial charge in [-0.25, -0.2) is 0 Å². The highest BCUT2D eigenvalue weighted by atomic mass is 16.2. The molecule has 0 bridgehead atoms. The maximum Gasteiger partial charge on any atom is 0.254 e. The monoisotopic (exact) mass is 290 g/mol. The first-order valence-electron chi connectivity index (χ1n) is 7.26. The van der Waals surface area contributed by atoms with E-state index in [-0.39, 0.29) is 29.8 Å². The van der Waals surface area contributed by atoms with Gasteiger partial charge in [0.2, 0.25) is 5.91 Å². The zero-order chi connectivity index (χ0) is 16.2. The molecule has 0 saturated heterocycles. The van der Waals surface area contributed by atoms with Crippen LogP contribution in [-0.2, 0) is 10.2 Å². The lowest BCUT2D eigenvalue weighted by molar-refractivity contribution is -0.122. The lowest BCUT2D eigenvalue weighted by Gasteiger charge is -2.20. The standard InChI is InChI=1S/C17H26N2O2/c1-12(2)18-15(20)11-19(6)16(21)13-7-9-14(10-8-13)17(3,4)5/h7-10,12H,11H2,1-6H3,(H,18,20). The molecule has 1 rings (SSSR count). The van der Waals surface area contributed by atoms with E-state index in [0.29, 0.717) is 5.56 Å². The fraction of sp³-hybridized carbons (Fsp3) is 0.529. The first-order valence-corrected chi connectivity index (χ1v) is 7.26. The smallest absolute Gasteiger partial charge is 0.254 e. The van der Waals surface area contributed by atoms with Gasteiger partial charge in [-0.3, -0.25) is 9.59 Å². The summed E-state index contributed by atoms with van der Waals surface area (Å²) in [5.41, 5.74) is 1.84. The third kappa shape index (κ3) is 5.21. The minimum absolute atomic E-state index is 0.0601. The molecule has 4 nitrogen and oxygen atoms in total. The van der Waals surface area contributed by atoms with Crippen molar-refractivity contribution < 1.29 is 9.59 Å². The first-order chi connectivity index (χ1) is 9.61. The topological polar surface area (TPSA) is 49.4 Å². The zero-order valence-electron chi connectivity index (χ0n) is 13.9. The van der Waals surface area contributed by atoms with Gasteiger partial charge >= 0.3 is 0 Å². The lowest BCUT2D eigenvalue weighted by atomic mass is 9.86. The van der Waals surface area contributed by atoms with Gasteiger partial charge < -0.3 is 10.2 Å². The summed E-state index contributed by atoms with van der Waals surface area (Å²) in [4.78, 5) is 25.4. The molecule has 0 spiro atoms. The average molecular weight is 290 g/mol. The molecule has 0 aliphatic heterocycles. The molecular weight excluding hydrogens is 264 g/mol. The quantitative estimate of drug-likeness (QED) is 0.926. The summed E-state index contributed by atoms with van der Waals surface area (Å²) in [6, 6.07) is 7.65. The Bertz CT molecular complexity index is 499. The van der Waals surface area contributed by atoms with Gasteiger partial charge in [-0.15, -0.1) is 0 Å². The summed E-state index contributed by atoms with van der Waals surface area (Å²) >= 11 is 0. The number of nitrogens with one attached hydrogen (secondary N) is 1. The Morgan fingerprint density at radius 1 is 1.14 bits per heavy atom. The number of nitrogens with zero attached hydrogens (tertiary/aromatic N) is 1. The second kappa shape index (κ2) is 6.74. The molecule has 0 aromatic heterocycles. The predicted molar refractivity (Wildman–Crippen MR) is 85.4 cm³/mol. The van der Waals surface area contributed by atoms with Crippen molar-refractivity contribution in [3.05, 3.63) is 35.4 Å². The van der Waals surface area contributed by atoms with E-state index in [2.05, 4.69) is 26.1 Å². The van der Waals surface area contributed by atoms with E-state index in [1.165, 1.54) is 10.5 Å². The largest absolute Gasteiger partial charge is 0.352 e. The minimum atomic E-state index is -0.146. The number of carbonyl (C=O) groups excluding carboxylic acids is 2. The Labute approximate surface area is 127 Å². The molecule has 116 valence electrons. The molecule has 0 aliphatic carbocycles. The average Bonchev–Trinajstić information content (AvgIpc) is 2.35. The molecule has 1 aromatic carbocycles. The minimum Gasteiger partial charge on any atom is -0.352 e. The summed E-state index contributed by atoms with van der Waals surface area (Å²) in [6.07, 6.45) is 0. The first kappa shape index (κ1) is 17.2. The Kier molecular flexibility index (Phi) is 5.53. The maximum absolute atomic E-state index is 12.3. The van der Waals surface area contributed by atoms with Crippen LogP contribution in [0.25, 0.3) is 0 Å². The van der Waals surface area contributed by atoms with Crippen LogP contribution >= 0.6 is 0 Å². The van der Waals surface area contributed by atoms with Gasteiger partial charge in [0.25, 0.3) is 5.91 Å². The van der Waals surface area contributed by atoms with E-state index in [9.17, 15) is 9.59 Å². The number of amides is 2. The fourth-order valence-electron chi connectivity index (χ4n) is 1.99. The molecule has 0 radical (unpaired) electrons. The number of hydrogen-bond acceptors (Lipinski definition) is 2. The molecule has 0 aliphatic rings. The van der Waals surface area contributed by atoms with E-state index in [4.69, 9.17) is 0 Å². The summed E-state index contributed by atoms with van der Waals surface area (Å²) in [7, 11) is 1.64. The highest BCUT2D eigenvalue weighted by molar-refractivity contribution is 5.96. The summed E-state index contributed by atoms with van der Waals surface area (Å²) in [5.74, 6) is -0.290. The second-order valence-corrected chi connectivity index (χ2v) is 6.71. The van der Waals surface area contributed by atoms with Crippen molar-refractivity contribution in [3.63, 3.8) is 0 Å². The number of likely N-dealkylation sites (N-methyl/N-ethyl adjacent to an activating group) is 1. The molecule has 0 fully saturated rings. The van der Waals surface area contributed by atoms with E-state index < -0.39 is 0 Å². The van der Waals surface area contributed by atoms with Gasteiger partial charge in [0.05, 0.1) is 6.54 Å². The molecule has 1 aromatic rings. The highest BCUT2D eigenvalue weighted by Gasteiger charge is 2.17. The predicted octanol–water partition coefficient (Wildman–Crippen LogP) is 2.58. The number of benzene rings is 1. The van der Waals surface area contributed by atoms with Gasteiger partial charge in [-0.1, -0.05) is 32.9 Å². The molecule has 0 atom stereocenters.